The second kappa shape index (κ2) is 8.15. The Morgan fingerprint density at radius 2 is 1.67 bits per heavy atom. The number of ether oxygens (including phenoxy) is 2. The Bertz CT molecular complexity index is 704. The van der Waals surface area contributed by atoms with Crippen molar-refractivity contribution in [3.8, 4) is 11.5 Å². The first-order chi connectivity index (χ1) is 11.5. The Hall–Kier alpha value is -2.82. The molecule has 126 valence electrons. The zero-order valence-electron chi connectivity index (χ0n) is 13.9. The van der Waals surface area contributed by atoms with Crippen molar-refractivity contribution in [2.75, 3.05) is 14.2 Å². The standard InChI is InChI=1S/C19H20FNO3/c1-13(15-5-7-16(20)8-6-15)21-19(22)9-4-14-10-17(23-2)12-18(11-14)24-3/h4-13H,1-3H3,(H,21,22)/b9-4+/t13-/m1/s1. The molecule has 0 radical (unpaired) electrons. The van der Waals surface area contributed by atoms with Gasteiger partial charge in [-0.25, -0.2) is 4.39 Å². The molecule has 0 aliphatic heterocycles. The lowest BCUT2D eigenvalue weighted by Gasteiger charge is -2.12. The first-order valence-electron chi connectivity index (χ1n) is 7.49. The third kappa shape index (κ3) is 4.84. The van der Waals surface area contributed by atoms with Gasteiger partial charge in [0.05, 0.1) is 20.3 Å². The number of amides is 1. The fourth-order valence-electron chi connectivity index (χ4n) is 2.19. The summed E-state index contributed by atoms with van der Waals surface area (Å²) in [5.41, 5.74) is 1.62. The maximum Gasteiger partial charge on any atom is 0.244 e. The van der Waals surface area contributed by atoms with Gasteiger partial charge in [-0.3, -0.25) is 4.79 Å². The van der Waals surface area contributed by atoms with Crippen LogP contribution >= 0.6 is 0 Å². The molecule has 24 heavy (non-hydrogen) atoms. The van der Waals surface area contributed by atoms with Gasteiger partial charge in [0.2, 0.25) is 5.91 Å². The van der Waals surface area contributed by atoms with Crippen molar-refractivity contribution < 1.29 is 18.7 Å². The van der Waals surface area contributed by atoms with Crippen LogP contribution < -0.4 is 14.8 Å². The predicted octanol–water partition coefficient (Wildman–Crippen LogP) is 3.73. The number of hydrogen-bond donors (Lipinski definition) is 1. The van der Waals surface area contributed by atoms with E-state index in [2.05, 4.69) is 5.32 Å². The van der Waals surface area contributed by atoms with Gasteiger partial charge in [0.25, 0.3) is 0 Å². The molecule has 0 saturated carbocycles. The predicted molar refractivity (Wildman–Crippen MR) is 91.5 cm³/mol. The highest BCUT2D eigenvalue weighted by Crippen LogP contribution is 2.23. The number of rotatable bonds is 6. The molecule has 5 heteroatoms. The van der Waals surface area contributed by atoms with Gasteiger partial charge >= 0.3 is 0 Å². The summed E-state index contributed by atoms with van der Waals surface area (Å²) in [4.78, 5) is 12.0. The average molecular weight is 329 g/mol. The molecule has 0 unspecified atom stereocenters. The molecule has 0 spiro atoms. The quantitative estimate of drug-likeness (QED) is 0.822. The highest BCUT2D eigenvalue weighted by Gasteiger charge is 2.07. The van der Waals surface area contributed by atoms with E-state index in [0.29, 0.717) is 11.5 Å². The topological polar surface area (TPSA) is 47.6 Å². The molecule has 4 nitrogen and oxygen atoms in total. The first kappa shape index (κ1) is 17.5. The summed E-state index contributed by atoms with van der Waals surface area (Å²) < 4.78 is 23.3. The van der Waals surface area contributed by atoms with Crippen LogP contribution in [-0.2, 0) is 4.79 Å². The van der Waals surface area contributed by atoms with Crippen LogP contribution in [0.3, 0.4) is 0 Å². The summed E-state index contributed by atoms with van der Waals surface area (Å²) in [6, 6.07) is 11.2. The fraction of sp³-hybridized carbons (Fsp3) is 0.211. The van der Waals surface area contributed by atoms with E-state index in [9.17, 15) is 9.18 Å². The lowest BCUT2D eigenvalue weighted by atomic mass is 10.1. The minimum Gasteiger partial charge on any atom is -0.497 e. The van der Waals surface area contributed by atoms with E-state index >= 15 is 0 Å². The molecule has 2 rings (SSSR count). The molecule has 0 saturated heterocycles. The molecule has 2 aromatic rings. The van der Waals surface area contributed by atoms with Gasteiger partial charge in [-0.1, -0.05) is 12.1 Å². The van der Waals surface area contributed by atoms with Crippen LogP contribution in [0.5, 0.6) is 11.5 Å². The van der Waals surface area contributed by atoms with E-state index in [4.69, 9.17) is 9.47 Å². The van der Waals surface area contributed by atoms with Crippen LogP contribution in [0.25, 0.3) is 6.08 Å². The molecule has 1 amide bonds. The van der Waals surface area contributed by atoms with Crippen molar-refractivity contribution in [3.63, 3.8) is 0 Å². The number of carbonyl (C=O) groups excluding carboxylic acids is 1. The Labute approximate surface area is 140 Å². The summed E-state index contributed by atoms with van der Waals surface area (Å²) in [7, 11) is 3.14. The lowest BCUT2D eigenvalue weighted by Crippen LogP contribution is -2.24. The summed E-state index contributed by atoms with van der Waals surface area (Å²) >= 11 is 0. The van der Waals surface area contributed by atoms with Crippen molar-refractivity contribution in [2.24, 2.45) is 0 Å². The van der Waals surface area contributed by atoms with Gasteiger partial charge in [0.1, 0.15) is 17.3 Å². The van der Waals surface area contributed by atoms with E-state index in [1.54, 1.807) is 50.6 Å². The Morgan fingerprint density at radius 1 is 1.08 bits per heavy atom. The van der Waals surface area contributed by atoms with Crippen molar-refractivity contribution in [1.29, 1.82) is 0 Å². The van der Waals surface area contributed by atoms with Crippen LogP contribution in [0.2, 0.25) is 0 Å². The minimum atomic E-state index is -0.302. The van der Waals surface area contributed by atoms with Crippen molar-refractivity contribution >= 4 is 12.0 Å². The lowest BCUT2D eigenvalue weighted by molar-refractivity contribution is -0.117. The Balaban J connectivity index is 2.03. The largest absolute Gasteiger partial charge is 0.497 e. The molecular formula is C19H20FNO3. The van der Waals surface area contributed by atoms with Crippen LogP contribution in [0, 0.1) is 5.82 Å². The van der Waals surface area contributed by atoms with Crippen LogP contribution in [0.4, 0.5) is 4.39 Å². The SMILES string of the molecule is COc1cc(/C=C/C(=O)N[C@H](C)c2ccc(F)cc2)cc(OC)c1. The highest BCUT2D eigenvalue weighted by atomic mass is 19.1. The number of methoxy groups -OCH3 is 2. The van der Waals surface area contributed by atoms with Crippen molar-refractivity contribution in [1.82, 2.24) is 5.32 Å². The summed E-state index contributed by atoms with van der Waals surface area (Å²) in [6.07, 6.45) is 3.12. The normalized spacial score (nSPS) is 12.0. The number of nitrogens with one attached hydrogen (secondary N) is 1. The number of halogens is 1. The maximum atomic E-state index is 12.9. The van der Waals surface area contributed by atoms with Gasteiger partial charge in [-0.05, 0) is 48.4 Å². The van der Waals surface area contributed by atoms with E-state index in [1.807, 2.05) is 6.92 Å². The Morgan fingerprint density at radius 3 is 2.21 bits per heavy atom. The monoisotopic (exact) mass is 329 g/mol. The fourth-order valence-corrected chi connectivity index (χ4v) is 2.19. The third-order valence-corrected chi connectivity index (χ3v) is 3.53. The number of carbonyl (C=O) groups is 1. The minimum absolute atomic E-state index is 0.220. The number of benzene rings is 2. The molecular weight excluding hydrogens is 309 g/mol. The second-order valence-electron chi connectivity index (χ2n) is 5.26. The summed E-state index contributed by atoms with van der Waals surface area (Å²) in [5.74, 6) is 0.751. The maximum absolute atomic E-state index is 12.9. The third-order valence-electron chi connectivity index (χ3n) is 3.53. The van der Waals surface area contributed by atoms with Gasteiger partial charge in [-0.2, -0.15) is 0 Å². The zero-order valence-corrected chi connectivity index (χ0v) is 13.9. The average Bonchev–Trinajstić information content (AvgIpc) is 2.60. The van der Waals surface area contributed by atoms with Gasteiger partial charge in [0, 0.05) is 12.1 Å². The van der Waals surface area contributed by atoms with Crippen molar-refractivity contribution in [2.45, 2.75) is 13.0 Å². The smallest absolute Gasteiger partial charge is 0.244 e. The second-order valence-corrected chi connectivity index (χ2v) is 5.26. The molecule has 0 fully saturated rings. The van der Waals surface area contributed by atoms with E-state index in [-0.39, 0.29) is 17.8 Å². The van der Waals surface area contributed by atoms with E-state index < -0.39 is 0 Å². The summed E-state index contributed by atoms with van der Waals surface area (Å²) in [5, 5.41) is 2.83. The van der Waals surface area contributed by atoms with Crippen LogP contribution in [-0.4, -0.2) is 20.1 Å². The molecule has 1 N–H and O–H groups in total. The molecule has 0 heterocycles. The molecule has 0 aromatic heterocycles. The van der Waals surface area contributed by atoms with Gasteiger partial charge < -0.3 is 14.8 Å². The van der Waals surface area contributed by atoms with E-state index in [0.717, 1.165) is 11.1 Å². The molecule has 1 atom stereocenters. The summed E-state index contributed by atoms with van der Waals surface area (Å²) in [6.45, 7) is 1.84. The zero-order chi connectivity index (χ0) is 17.5. The van der Waals surface area contributed by atoms with Crippen LogP contribution in [0.15, 0.2) is 48.5 Å². The van der Waals surface area contributed by atoms with Crippen molar-refractivity contribution in [3.05, 3.63) is 65.5 Å². The Kier molecular flexibility index (Phi) is 5.95. The van der Waals surface area contributed by atoms with E-state index in [1.165, 1.54) is 18.2 Å². The van der Waals surface area contributed by atoms with Gasteiger partial charge in [-0.15, -0.1) is 0 Å². The molecule has 0 aliphatic carbocycles. The number of hydrogen-bond acceptors (Lipinski definition) is 3. The van der Waals surface area contributed by atoms with Crippen LogP contribution in [0.1, 0.15) is 24.1 Å². The van der Waals surface area contributed by atoms with Gasteiger partial charge in [0.15, 0.2) is 0 Å². The molecule has 0 bridgehead atoms. The first-order valence-corrected chi connectivity index (χ1v) is 7.49. The molecule has 0 aliphatic rings. The highest BCUT2D eigenvalue weighted by molar-refractivity contribution is 5.92. The molecule has 2 aromatic carbocycles.